The quantitative estimate of drug-likeness (QED) is 0.513. The maximum absolute atomic E-state index is 5.48. The minimum atomic E-state index is 0.679. The maximum atomic E-state index is 5.48. The van der Waals surface area contributed by atoms with Crippen molar-refractivity contribution in [2.24, 2.45) is 11.8 Å². The lowest BCUT2D eigenvalue weighted by atomic mass is 10.0. The molecule has 0 aliphatic rings. The molecule has 18 heavy (non-hydrogen) atoms. The van der Waals surface area contributed by atoms with Crippen LogP contribution < -0.4 is 16.6 Å². The van der Waals surface area contributed by atoms with Gasteiger partial charge in [-0.15, -0.1) is 0 Å². The molecule has 0 unspecified atom stereocenters. The Morgan fingerprint density at radius 1 is 1.11 bits per heavy atom. The third kappa shape index (κ3) is 3.57. The zero-order valence-electron chi connectivity index (χ0n) is 11.9. The maximum Gasteiger partial charge on any atom is 0.148 e. The van der Waals surface area contributed by atoms with Gasteiger partial charge in [-0.05, 0) is 12.8 Å². The van der Waals surface area contributed by atoms with Crippen LogP contribution in [0.25, 0.3) is 0 Å². The van der Waals surface area contributed by atoms with E-state index >= 15 is 0 Å². The Morgan fingerprint density at radius 2 is 1.72 bits per heavy atom. The predicted molar refractivity (Wildman–Crippen MR) is 76.5 cm³/mol. The molecule has 5 nitrogen and oxygen atoms in total. The number of anilines is 2. The molecular formula is C13H25N5. The first kappa shape index (κ1) is 14.7. The van der Waals surface area contributed by atoms with Crippen LogP contribution in [0.2, 0.25) is 0 Å². The highest BCUT2D eigenvalue weighted by Crippen LogP contribution is 2.20. The smallest absolute Gasteiger partial charge is 0.148 e. The number of hydrogen-bond acceptors (Lipinski definition) is 5. The van der Waals surface area contributed by atoms with Crippen molar-refractivity contribution < 1.29 is 0 Å². The van der Waals surface area contributed by atoms with Crippen molar-refractivity contribution in [1.82, 2.24) is 9.97 Å². The molecule has 0 saturated heterocycles. The highest BCUT2D eigenvalue weighted by Gasteiger charge is 2.10. The van der Waals surface area contributed by atoms with E-state index in [2.05, 4.69) is 34.6 Å². The molecular weight excluding hydrogens is 226 g/mol. The van der Waals surface area contributed by atoms with Crippen LogP contribution in [0, 0.1) is 12.8 Å². The lowest BCUT2D eigenvalue weighted by molar-refractivity contribution is 0.518. The summed E-state index contributed by atoms with van der Waals surface area (Å²) in [5.74, 6) is 8.56. The summed E-state index contributed by atoms with van der Waals surface area (Å²) in [7, 11) is 0. The van der Waals surface area contributed by atoms with Gasteiger partial charge >= 0.3 is 0 Å². The summed E-state index contributed by atoms with van der Waals surface area (Å²) in [4.78, 5) is 8.87. The molecule has 0 bridgehead atoms. The van der Waals surface area contributed by atoms with Gasteiger partial charge < -0.3 is 10.7 Å². The molecule has 0 atom stereocenters. The van der Waals surface area contributed by atoms with Crippen LogP contribution in [0.15, 0.2) is 0 Å². The van der Waals surface area contributed by atoms with Crippen LogP contribution in [0.4, 0.5) is 11.6 Å². The number of hydrogen-bond donors (Lipinski definition) is 3. The van der Waals surface area contributed by atoms with E-state index in [9.17, 15) is 0 Å². The SMILES string of the molecule is CCc1nc(NN)c(C)c(NCC(CC)CC)n1. The second kappa shape index (κ2) is 7.16. The predicted octanol–water partition coefficient (Wildman–Crippen LogP) is 2.48. The molecule has 0 radical (unpaired) electrons. The largest absolute Gasteiger partial charge is 0.369 e. The van der Waals surface area contributed by atoms with Crippen LogP contribution in [-0.2, 0) is 6.42 Å². The first-order valence-corrected chi connectivity index (χ1v) is 6.74. The molecule has 1 rings (SSSR count). The van der Waals surface area contributed by atoms with Crippen LogP contribution in [-0.4, -0.2) is 16.5 Å². The molecule has 1 heterocycles. The Kier molecular flexibility index (Phi) is 5.85. The molecule has 0 spiro atoms. The van der Waals surface area contributed by atoms with Gasteiger partial charge in [0, 0.05) is 18.5 Å². The van der Waals surface area contributed by atoms with Crippen molar-refractivity contribution in [2.45, 2.75) is 47.0 Å². The van der Waals surface area contributed by atoms with Gasteiger partial charge in [-0.2, -0.15) is 0 Å². The molecule has 1 aromatic heterocycles. The van der Waals surface area contributed by atoms with Gasteiger partial charge in [-0.1, -0.05) is 33.6 Å². The second-order valence-electron chi connectivity index (χ2n) is 4.52. The van der Waals surface area contributed by atoms with Gasteiger partial charge in [0.05, 0.1) is 0 Å². The topological polar surface area (TPSA) is 75.9 Å². The number of rotatable bonds is 7. The molecule has 5 heteroatoms. The zero-order valence-corrected chi connectivity index (χ0v) is 11.9. The number of hydrazine groups is 1. The highest BCUT2D eigenvalue weighted by molar-refractivity contribution is 5.56. The van der Waals surface area contributed by atoms with E-state index in [0.29, 0.717) is 11.7 Å². The van der Waals surface area contributed by atoms with Crippen molar-refractivity contribution >= 4 is 11.6 Å². The summed E-state index contributed by atoms with van der Waals surface area (Å²) in [6, 6.07) is 0. The molecule has 1 aromatic rings. The molecule has 102 valence electrons. The van der Waals surface area contributed by atoms with Gasteiger partial charge in [0.2, 0.25) is 0 Å². The van der Waals surface area contributed by atoms with Crippen LogP contribution in [0.1, 0.15) is 45.0 Å². The molecule has 4 N–H and O–H groups in total. The number of aryl methyl sites for hydroxylation is 1. The van der Waals surface area contributed by atoms with Gasteiger partial charge in [-0.3, -0.25) is 0 Å². The number of nitrogens with one attached hydrogen (secondary N) is 2. The summed E-state index contributed by atoms with van der Waals surface area (Å²) < 4.78 is 0. The summed E-state index contributed by atoms with van der Waals surface area (Å²) >= 11 is 0. The van der Waals surface area contributed by atoms with E-state index in [0.717, 1.165) is 30.2 Å². The Balaban J connectivity index is 2.86. The fourth-order valence-corrected chi connectivity index (χ4v) is 1.85. The average molecular weight is 251 g/mol. The van der Waals surface area contributed by atoms with Crippen LogP contribution >= 0.6 is 0 Å². The van der Waals surface area contributed by atoms with Gasteiger partial charge in [0.15, 0.2) is 0 Å². The Hall–Kier alpha value is -1.36. The standard InChI is InChI=1S/C13H25N5/c1-5-10(6-2)8-15-12-9(4)13(18-14)17-11(7-3)16-12/h10H,5-8,14H2,1-4H3,(H2,15,16,17,18). The van der Waals surface area contributed by atoms with Gasteiger partial charge in [0.1, 0.15) is 17.5 Å². The number of nitrogens with two attached hydrogens (primary N) is 1. The van der Waals surface area contributed by atoms with Crippen molar-refractivity contribution in [1.29, 1.82) is 0 Å². The van der Waals surface area contributed by atoms with E-state index in [1.807, 2.05) is 13.8 Å². The van der Waals surface area contributed by atoms with Crippen molar-refractivity contribution in [3.05, 3.63) is 11.4 Å². The summed E-state index contributed by atoms with van der Waals surface area (Å²) in [6.45, 7) is 9.39. The van der Waals surface area contributed by atoms with Gasteiger partial charge in [0.25, 0.3) is 0 Å². The zero-order chi connectivity index (χ0) is 13.5. The average Bonchev–Trinajstić information content (AvgIpc) is 2.41. The van der Waals surface area contributed by atoms with E-state index in [1.165, 1.54) is 12.8 Å². The fourth-order valence-electron chi connectivity index (χ4n) is 1.85. The Labute approximate surface area is 110 Å². The fraction of sp³-hybridized carbons (Fsp3) is 0.692. The first-order chi connectivity index (χ1) is 8.65. The summed E-state index contributed by atoms with van der Waals surface area (Å²) in [5, 5.41) is 3.42. The van der Waals surface area contributed by atoms with E-state index in [4.69, 9.17) is 5.84 Å². The van der Waals surface area contributed by atoms with Crippen molar-refractivity contribution in [3.8, 4) is 0 Å². The molecule has 0 saturated carbocycles. The van der Waals surface area contributed by atoms with Crippen LogP contribution in [0.5, 0.6) is 0 Å². The third-order valence-electron chi connectivity index (χ3n) is 3.36. The highest BCUT2D eigenvalue weighted by atomic mass is 15.3. The Bertz CT molecular complexity index is 374. The normalized spacial score (nSPS) is 10.8. The Morgan fingerprint density at radius 3 is 2.22 bits per heavy atom. The van der Waals surface area contributed by atoms with E-state index < -0.39 is 0 Å². The molecule has 0 amide bonds. The minimum Gasteiger partial charge on any atom is -0.369 e. The molecule has 0 aliphatic carbocycles. The monoisotopic (exact) mass is 251 g/mol. The van der Waals surface area contributed by atoms with Crippen molar-refractivity contribution in [3.63, 3.8) is 0 Å². The molecule has 0 aromatic carbocycles. The molecule has 0 aliphatic heterocycles. The first-order valence-electron chi connectivity index (χ1n) is 6.74. The summed E-state index contributed by atoms with van der Waals surface area (Å²) in [5.41, 5.74) is 3.61. The number of aromatic nitrogens is 2. The molecule has 0 fully saturated rings. The minimum absolute atomic E-state index is 0.679. The second-order valence-corrected chi connectivity index (χ2v) is 4.52. The third-order valence-corrected chi connectivity index (χ3v) is 3.36. The van der Waals surface area contributed by atoms with Crippen LogP contribution in [0.3, 0.4) is 0 Å². The number of nitrogens with zero attached hydrogens (tertiary/aromatic N) is 2. The van der Waals surface area contributed by atoms with Gasteiger partial charge in [-0.25, -0.2) is 15.8 Å². The lowest BCUT2D eigenvalue weighted by Gasteiger charge is -2.17. The van der Waals surface area contributed by atoms with Crippen molar-refractivity contribution in [2.75, 3.05) is 17.3 Å². The van der Waals surface area contributed by atoms with E-state index in [1.54, 1.807) is 0 Å². The lowest BCUT2D eigenvalue weighted by Crippen LogP contribution is -2.18. The van der Waals surface area contributed by atoms with E-state index in [-0.39, 0.29) is 0 Å². The number of nitrogen functional groups attached to an aromatic ring is 1. The summed E-state index contributed by atoms with van der Waals surface area (Å²) in [6.07, 6.45) is 3.15.